The first-order valence-electron chi connectivity index (χ1n) is 9.96. The zero-order valence-electron chi connectivity index (χ0n) is 16.1. The fraction of sp³-hybridized carbons (Fsp3) is 0.619. The molecule has 0 saturated heterocycles. The van der Waals surface area contributed by atoms with Gasteiger partial charge in [-0.3, -0.25) is 14.3 Å². The highest BCUT2D eigenvalue weighted by Crippen LogP contribution is 2.61. The summed E-state index contributed by atoms with van der Waals surface area (Å²) in [7, 11) is -3.36. The van der Waals surface area contributed by atoms with Crippen LogP contribution in [0, 0.1) is 23.2 Å². The number of esters is 1. The number of hydrogen-bond acceptors (Lipinski definition) is 5. The first-order chi connectivity index (χ1) is 13.2. The minimum atomic E-state index is -3.36. The van der Waals surface area contributed by atoms with Crippen LogP contribution in [0.25, 0.3) is 0 Å². The molecule has 0 aliphatic heterocycles. The van der Waals surface area contributed by atoms with Crippen molar-refractivity contribution >= 4 is 27.5 Å². The lowest BCUT2D eigenvalue weighted by molar-refractivity contribution is -0.150. The van der Waals surface area contributed by atoms with Crippen molar-refractivity contribution in [3.8, 4) is 0 Å². The maximum atomic E-state index is 12.4. The van der Waals surface area contributed by atoms with E-state index in [4.69, 9.17) is 4.74 Å². The van der Waals surface area contributed by atoms with E-state index in [-0.39, 0.29) is 23.8 Å². The van der Waals surface area contributed by atoms with Gasteiger partial charge in [0.1, 0.15) is 0 Å². The highest BCUT2D eigenvalue weighted by molar-refractivity contribution is 7.92. The lowest BCUT2D eigenvalue weighted by atomic mass is 9.49. The summed E-state index contributed by atoms with van der Waals surface area (Å²) < 4.78 is 30.1. The Morgan fingerprint density at radius 3 is 2.07 bits per heavy atom. The Morgan fingerprint density at radius 2 is 1.57 bits per heavy atom. The summed E-state index contributed by atoms with van der Waals surface area (Å²) in [6.07, 6.45) is 8.89. The third-order valence-electron chi connectivity index (χ3n) is 6.56. The number of benzene rings is 1. The molecule has 28 heavy (non-hydrogen) atoms. The van der Waals surface area contributed by atoms with E-state index in [1.54, 1.807) is 0 Å². The van der Waals surface area contributed by atoms with E-state index in [2.05, 4.69) is 4.72 Å². The first kappa shape index (κ1) is 19.4. The highest BCUT2D eigenvalue weighted by Gasteiger charge is 2.51. The van der Waals surface area contributed by atoms with Crippen molar-refractivity contribution in [3.05, 3.63) is 29.8 Å². The van der Waals surface area contributed by atoms with E-state index < -0.39 is 10.0 Å². The molecule has 0 unspecified atom stereocenters. The minimum absolute atomic E-state index is 0.105. The van der Waals surface area contributed by atoms with Gasteiger partial charge in [-0.2, -0.15) is 0 Å². The van der Waals surface area contributed by atoms with Crippen LogP contribution in [0.3, 0.4) is 0 Å². The fourth-order valence-corrected chi connectivity index (χ4v) is 6.60. The molecule has 0 radical (unpaired) electrons. The van der Waals surface area contributed by atoms with Gasteiger partial charge < -0.3 is 4.74 Å². The van der Waals surface area contributed by atoms with Crippen LogP contribution < -0.4 is 4.72 Å². The van der Waals surface area contributed by atoms with Gasteiger partial charge in [0.15, 0.2) is 12.4 Å². The van der Waals surface area contributed by atoms with Crippen molar-refractivity contribution in [2.24, 2.45) is 23.2 Å². The molecule has 4 bridgehead atoms. The molecule has 7 heteroatoms. The van der Waals surface area contributed by atoms with Crippen molar-refractivity contribution in [1.82, 2.24) is 0 Å². The summed E-state index contributed by atoms with van der Waals surface area (Å²) in [6.45, 7) is -0.274. The third kappa shape index (κ3) is 4.40. The first-order valence-corrected chi connectivity index (χ1v) is 11.9. The SMILES string of the molecule is CS(=O)(=O)Nc1ccc(C(=O)COC(=O)CC23CC4CC(CC(C4)C2)C3)cc1. The van der Waals surface area contributed by atoms with Crippen LogP contribution in [0.4, 0.5) is 5.69 Å². The van der Waals surface area contributed by atoms with Gasteiger partial charge in [0.05, 0.1) is 12.7 Å². The van der Waals surface area contributed by atoms with E-state index in [1.165, 1.54) is 43.5 Å². The molecule has 1 N–H and O–H groups in total. The Hall–Kier alpha value is -1.89. The molecule has 0 spiro atoms. The zero-order chi connectivity index (χ0) is 19.9. The van der Waals surface area contributed by atoms with Gasteiger partial charge in [-0.05, 0) is 86.0 Å². The summed E-state index contributed by atoms with van der Waals surface area (Å²) >= 11 is 0. The molecule has 0 heterocycles. The summed E-state index contributed by atoms with van der Waals surface area (Å²) in [6, 6.07) is 6.10. The Bertz CT molecular complexity index is 839. The Morgan fingerprint density at radius 1 is 1.04 bits per heavy atom. The number of ether oxygens (including phenoxy) is 1. The molecule has 1 aromatic carbocycles. The van der Waals surface area contributed by atoms with Crippen molar-refractivity contribution < 1.29 is 22.7 Å². The molecular weight excluding hydrogens is 378 g/mol. The second-order valence-corrected chi connectivity index (χ2v) is 10.9. The fourth-order valence-electron chi connectivity index (χ4n) is 6.03. The van der Waals surface area contributed by atoms with E-state index in [0.717, 1.165) is 43.3 Å². The number of hydrogen-bond donors (Lipinski definition) is 1. The van der Waals surface area contributed by atoms with Gasteiger partial charge >= 0.3 is 5.97 Å². The van der Waals surface area contributed by atoms with Gasteiger partial charge in [0.25, 0.3) is 0 Å². The molecule has 0 amide bonds. The number of nitrogens with one attached hydrogen (secondary N) is 1. The average Bonchev–Trinajstić information content (AvgIpc) is 2.57. The number of rotatable bonds is 7. The smallest absolute Gasteiger partial charge is 0.306 e. The molecule has 4 fully saturated rings. The number of carbonyl (C=O) groups excluding carboxylic acids is 2. The lowest BCUT2D eigenvalue weighted by Crippen LogP contribution is -2.47. The Labute approximate surface area is 166 Å². The molecule has 4 saturated carbocycles. The van der Waals surface area contributed by atoms with E-state index in [9.17, 15) is 18.0 Å². The summed E-state index contributed by atoms with van der Waals surface area (Å²) in [5, 5.41) is 0. The summed E-state index contributed by atoms with van der Waals surface area (Å²) in [5.41, 5.74) is 0.882. The largest absolute Gasteiger partial charge is 0.457 e. The normalized spacial score (nSPS) is 30.8. The molecule has 5 rings (SSSR count). The predicted octanol–water partition coefficient (Wildman–Crippen LogP) is 3.39. The van der Waals surface area contributed by atoms with Crippen LogP contribution in [-0.4, -0.2) is 33.0 Å². The standard InChI is InChI=1S/C21H27NO5S/c1-28(25,26)22-18-4-2-17(3-5-18)19(23)13-27-20(24)12-21-9-14-6-15(10-21)8-16(7-14)11-21/h2-5,14-16,22H,6-13H2,1H3. The van der Waals surface area contributed by atoms with Gasteiger partial charge in [-0.15, -0.1) is 0 Å². The maximum absolute atomic E-state index is 12.4. The topological polar surface area (TPSA) is 89.5 Å². The zero-order valence-corrected chi connectivity index (χ0v) is 17.0. The van der Waals surface area contributed by atoms with Gasteiger partial charge in [0, 0.05) is 11.3 Å². The summed E-state index contributed by atoms with van der Waals surface area (Å²) in [5.74, 6) is 1.77. The molecule has 0 aromatic heterocycles. The monoisotopic (exact) mass is 405 g/mol. The molecule has 0 atom stereocenters. The van der Waals surface area contributed by atoms with E-state index in [1.807, 2.05) is 0 Å². The molecule has 1 aromatic rings. The molecular formula is C21H27NO5S. The van der Waals surface area contributed by atoms with Gasteiger partial charge in [-0.1, -0.05) is 0 Å². The van der Waals surface area contributed by atoms with Crippen molar-refractivity contribution in [2.45, 2.75) is 44.9 Å². The average molecular weight is 406 g/mol. The van der Waals surface area contributed by atoms with Crippen LogP contribution in [0.1, 0.15) is 55.3 Å². The van der Waals surface area contributed by atoms with Crippen LogP contribution in [0.5, 0.6) is 0 Å². The molecule has 4 aliphatic carbocycles. The van der Waals surface area contributed by atoms with Crippen molar-refractivity contribution in [2.75, 3.05) is 17.6 Å². The maximum Gasteiger partial charge on any atom is 0.306 e. The van der Waals surface area contributed by atoms with E-state index in [0.29, 0.717) is 17.7 Å². The van der Waals surface area contributed by atoms with Crippen LogP contribution in [0.15, 0.2) is 24.3 Å². The lowest BCUT2D eigenvalue weighted by Gasteiger charge is -2.56. The van der Waals surface area contributed by atoms with Crippen molar-refractivity contribution in [3.63, 3.8) is 0 Å². The number of anilines is 1. The number of ketones is 1. The van der Waals surface area contributed by atoms with Gasteiger partial charge in [-0.25, -0.2) is 8.42 Å². The van der Waals surface area contributed by atoms with Gasteiger partial charge in [0.2, 0.25) is 10.0 Å². The minimum Gasteiger partial charge on any atom is -0.457 e. The number of sulfonamides is 1. The number of Topliss-reactive ketones (excluding diaryl/α,β-unsaturated/α-hetero) is 1. The Kier molecular flexibility index (Phi) is 4.98. The third-order valence-corrected chi connectivity index (χ3v) is 7.17. The molecule has 6 nitrogen and oxygen atoms in total. The predicted molar refractivity (Wildman–Crippen MR) is 105 cm³/mol. The molecule has 152 valence electrons. The highest BCUT2D eigenvalue weighted by atomic mass is 32.2. The molecule has 4 aliphatic rings. The quantitative estimate of drug-likeness (QED) is 0.555. The number of carbonyl (C=O) groups is 2. The van der Waals surface area contributed by atoms with Crippen LogP contribution in [-0.2, 0) is 19.6 Å². The van der Waals surface area contributed by atoms with E-state index >= 15 is 0 Å². The van der Waals surface area contributed by atoms with Crippen LogP contribution >= 0.6 is 0 Å². The Balaban J connectivity index is 1.29. The van der Waals surface area contributed by atoms with Crippen molar-refractivity contribution in [1.29, 1.82) is 0 Å². The second kappa shape index (κ2) is 7.17. The summed E-state index contributed by atoms with van der Waals surface area (Å²) in [4.78, 5) is 24.7. The second-order valence-electron chi connectivity index (χ2n) is 9.13. The van der Waals surface area contributed by atoms with Crippen LogP contribution in [0.2, 0.25) is 0 Å².